The second-order valence-electron chi connectivity index (χ2n) is 4.31. The molecule has 5 nitrogen and oxygen atoms in total. The number of carboxylic acids is 1. The summed E-state index contributed by atoms with van der Waals surface area (Å²) in [5, 5.41) is 10.9. The number of carbonyl (C=O) groups is 2. The number of rotatable bonds is 5. The summed E-state index contributed by atoms with van der Waals surface area (Å²) in [6, 6.07) is 1.95. The van der Waals surface area contributed by atoms with E-state index in [9.17, 15) is 18.4 Å². The summed E-state index contributed by atoms with van der Waals surface area (Å²) < 4.78 is 26.9. The normalized spacial score (nSPS) is 11.8. The molecule has 1 aromatic carbocycles. The molecule has 2 amide bonds. The molecule has 0 bridgehead atoms. The van der Waals surface area contributed by atoms with Crippen LogP contribution in [0.25, 0.3) is 0 Å². The number of halogens is 2. The van der Waals surface area contributed by atoms with Gasteiger partial charge in [-0.25, -0.2) is 13.6 Å². The molecule has 0 spiro atoms. The molecule has 0 heterocycles. The third-order valence-corrected chi connectivity index (χ3v) is 2.88. The minimum Gasteiger partial charge on any atom is -0.480 e. The zero-order valence-corrected chi connectivity index (χ0v) is 11.2. The van der Waals surface area contributed by atoms with E-state index in [-0.39, 0.29) is 6.04 Å². The number of aliphatic carboxylic acids is 1. The van der Waals surface area contributed by atoms with E-state index in [2.05, 4.69) is 5.32 Å². The van der Waals surface area contributed by atoms with Gasteiger partial charge in [0, 0.05) is 6.04 Å². The van der Waals surface area contributed by atoms with Gasteiger partial charge in [-0.1, -0.05) is 13.0 Å². The molecule has 2 N–H and O–H groups in total. The Bertz CT molecular complexity index is 488. The molecular formula is C13H16F2N2O3. The van der Waals surface area contributed by atoms with E-state index in [0.717, 1.165) is 17.0 Å². The van der Waals surface area contributed by atoms with Gasteiger partial charge in [0.05, 0.1) is 0 Å². The molecule has 0 aromatic heterocycles. The van der Waals surface area contributed by atoms with Crippen LogP contribution in [0.4, 0.5) is 19.3 Å². The van der Waals surface area contributed by atoms with Crippen LogP contribution in [0.1, 0.15) is 20.3 Å². The fraction of sp³-hybridized carbons (Fsp3) is 0.385. The molecular weight excluding hydrogens is 270 g/mol. The Morgan fingerprint density at radius 1 is 1.35 bits per heavy atom. The third-order valence-electron chi connectivity index (χ3n) is 2.88. The Kier molecular flexibility index (Phi) is 5.42. The average Bonchev–Trinajstić information content (AvgIpc) is 2.39. The summed E-state index contributed by atoms with van der Waals surface area (Å²) in [5.74, 6) is -3.04. The van der Waals surface area contributed by atoms with Crippen LogP contribution in [-0.2, 0) is 4.79 Å². The topological polar surface area (TPSA) is 69.6 Å². The molecule has 0 radical (unpaired) electrons. The number of amides is 2. The van der Waals surface area contributed by atoms with Crippen LogP contribution < -0.4 is 5.32 Å². The maximum atomic E-state index is 13.4. The maximum Gasteiger partial charge on any atom is 0.323 e. The van der Waals surface area contributed by atoms with Crippen molar-refractivity contribution in [3.63, 3.8) is 0 Å². The number of nitrogens with one attached hydrogen (secondary N) is 1. The number of benzene rings is 1. The van der Waals surface area contributed by atoms with Gasteiger partial charge in [0.15, 0.2) is 0 Å². The molecule has 0 aliphatic rings. The molecule has 7 heteroatoms. The summed E-state index contributed by atoms with van der Waals surface area (Å²) in [4.78, 5) is 23.7. The molecule has 0 fully saturated rings. The molecule has 0 saturated heterocycles. The van der Waals surface area contributed by atoms with Crippen molar-refractivity contribution in [2.45, 2.75) is 26.3 Å². The van der Waals surface area contributed by atoms with Crippen molar-refractivity contribution in [3.8, 4) is 0 Å². The number of carbonyl (C=O) groups excluding carboxylic acids is 1. The Balaban J connectivity index is 2.93. The lowest BCUT2D eigenvalue weighted by molar-refractivity contribution is -0.138. The SMILES string of the molecule is CCC(C)N(CC(=O)O)C(=O)Nc1c(F)cccc1F. The molecule has 110 valence electrons. The highest BCUT2D eigenvalue weighted by molar-refractivity contribution is 5.91. The third kappa shape index (κ3) is 3.91. The van der Waals surface area contributed by atoms with Gasteiger partial charge in [0.1, 0.15) is 23.9 Å². The molecule has 20 heavy (non-hydrogen) atoms. The number of hydrogen-bond acceptors (Lipinski definition) is 2. The van der Waals surface area contributed by atoms with Gasteiger partial charge in [0.2, 0.25) is 0 Å². The zero-order chi connectivity index (χ0) is 15.3. The van der Waals surface area contributed by atoms with E-state index in [4.69, 9.17) is 5.11 Å². The second-order valence-corrected chi connectivity index (χ2v) is 4.31. The number of urea groups is 1. The largest absolute Gasteiger partial charge is 0.480 e. The van der Waals surface area contributed by atoms with E-state index >= 15 is 0 Å². The van der Waals surface area contributed by atoms with Crippen molar-refractivity contribution in [2.75, 3.05) is 11.9 Å². The lowest BCUT2D eigenvalue weighted by atomic mass is 10.2. The predicted octanol–water partition coefficient (Wildman–Crippen LogP) is 2.68. The van der Waals surface area contributed by atoms with Crippen molar-refractivity contribution in [3.05, 3.63) is 29.8 Å². The van der Waals surface area contributed by atoms with Crippen LogP contribution in [0.15, 0.2) is 18.2 Å². The fourth-order valence-electron chi connectivity index (χ4n) is 1.59. The highest BCUT2D eigenvalue weighted by Crippen LogP contribution is 2.19. The molecule has 0 saturated carbocycles. The Hall–Kier alpha value is -2.18. The highest BCUT2D eigenvalue weighted by atomic mass is 19.1. The van der Waals surface area contributed by atoms with Crippen molar-refractivity contribution in [1.29, 1.82) is 0 Å². The molecule has 0 aliphatic heterocycles. The van der Waals surface area contributed by atoms with Gasteiger partial charge >= 0.3 is 12.0 Å². The van der Waals surface area contributed by atoms with E-state index < -0.39 is 35.9 Å². The van der Waals surface area contributed by atoms with Crippen LogP contribution in [-0.4, -0.2) is 34.6 Å². The Labute approximate surface area is 115 Å². The van der Waals surface area contributed by atoms with Crippen LogP contribution in [0.5, 0.6) is 0 Å². The summed E-state index contributed by atoms with van der Waals surface area (Å²) in [5.41, 5.74) is -0.587. The first-order valence-corrected chi connectivity index (χ1v) is 6.10. The maximum absolute atomic E-state index is 13.4. The van der Waals surface area contributed by atoms with Gasteiger partial charge in [0.25, 0.3) is 0 Å². The zero-order valence-electron chi connectivity index (χ0n) is 11.2. The molecule has 1 rings (SSSR count). The first-order valence-electron chi connectivity index (χ1n) is 6.10. The highest BCUT2D eigenvalue weighted by Gasteiger charge is 2.23. The predicted molar refractivity (Wildman–Crippen MR) is 69.5 cm³/mol. The average molecular weight is 286 g/mol. The van der Waals surface area contributed by atoms with Crippen LogP contribution in [0.2, 0.25) is 0 Å². The molecule has 1 aromatic rings. The van der Waals surface area contributed by atoms with E-state index in [1.807, 2.05) is 0 Å². The smallest absolute Gasteiger partial charge is 0.323 e. The van der Waals surface area contributed by atoms with E-state index in [1.165, 1.54) is 6.07 Å². The number of para-hydroxylation sites is 1. The molecule has 1 unspecified atom stereocenters. The summed E-state index contributed by atoms with van der Waals surface area (Å²) in [6.45, 7) is 2.88. The lowest BCUT2D eigenvalue weighted by Gasteiger charge is -2.27. The summed E-state index contributed by atoms with van der Waals surface area (Å²) in [6.07, 6.45) is 0.514. The van der Waals surface area contributed by atoms with Crippen LogP contribution >= 0.6 is 0 Å². The van der Waals surface area contributed by atoms with Crippen molar-refractivity contribution in [1.82, 2.24) is 4.90 Å². The monoisotopic (exact) mass is 286 g/mol. The summed E-state index contributed by atoms with van der Waals surface area (Å²) >= 11 is 0. The molecule has 1 atom stereocenters. The van der Waals surface area contributed by atoms with Gasteiger partial charge in [-0.2, -0.15) is 0 Å². The number of nitrogens with zero attached hydrogens (tertiary/aromatic N) is 1. The summed E-state index contributed by atoms with van der Waals surface area (Å²) in [7, 11) is 0. The fourth-order valence-corrected chi connectivity index (χ4v) is 1.59. The van der Waals surface area contributed by atoms with Gasteiger partial charge in [-0.3, -0.25) is 4.79 Å². The minimum atomic E-state index is -1.20. The first-order chi connectivity index (χ1) is 9.36. The Morgan fingerprint density at radius 2 is 1.90 bits per heavy atom. The van der Waals surface area contributed by atoms with Gasteiger partial charge in [-0.15, -0.1) is 0 Å². The number of hydrogen-bond donors (Lipinski definition) is 2. The van der Waals surface area contributed by atoms with Crippen molar-refractivity contribution < 1.29 is 23.5 Å². The van der Waals surface area contributed by atoms with E-state index in [1.54, 1.807) is 13.8 Å². The number of anilines is 1. The van der Waals surface area contributed by atoms with Crippen LogP contribution in [0.3, 0.4) is 0 Å². The number of carboxylic acid groups (broad SMARTS) is 1. The lowest BCUT2D eigenvalue weighted by Crippen LogP contribution is -2.44. The van der Waals surface area contributed by atoms with Gasteiger partial charge in [-0.05, 0) is 25.5 Å². The Morgan fingerprint density at radius 3 is 2.35 bits per heavy atom. The minimum absolute atomic E-state index is 0.374. The van der Waals surface area contributed by atoms with E-state index in [0.29, 0.717) is 6.42 Å². The first kappa shape index (κ1) is 15.9. The van der Waals surface area contributed by atoms with Gasteiger partial charge < -0.3 is 15.3 Å². The standard InChI is InChI=1S/C13H16F2N2O3/c1-3-8(2)17(7-11(18)19)13(20)16-12-9(14)5-4-6-10(12)15/h4-6,8H,3,7H2,1-2H3,(H,16,20)(H,18,19). The van der Waals surface area contributed by atoms with Crippen molar-refractivity contribution in [2.24, 2.45) is 0 Å². The van der Waals surface area contributed by atoms with Crippen LogP contribution in [0, 0.1) is 11.6 Å². The second kappa shape index (κ2) is 6.83. The molecule has 0 aliphatic carbocycles. The quantitative estimate of drug-likeness (QED) is 0.874. The van der Waals surface area contributed by atoms with Crippen molar-refractivity contribution >= 4 is 17.7 Å².